The normalized spacial score (nSPS) is 11.0. The summed E-state index contributed by atoms with van der Waals surface area (Å²) in [6, 6.07) is 16.8. The van der Waals surface area contributed by atoms with E-state index in [2.05, 4.69) is 20.0 Å². The van der Waals surface area contributed by atoms with Gasteiger partial charge < -0.3 is 9.88 Å². The van der Waals surface area contributed by atoms with Gasteiger partial charge in [0.25, 0.3) is 5.56 Å². The molecule has 0 saturated carbocycles. The fourth-order valence-corrected chi connectivity index (χ4v) is 3.46. The summed E-state index contributed by atoms with van der Waals surface area (Å²) in [6.45, 7) is 0.219. The molecule has 0 aliphatic rings. The summed E-state index contributed by atoms with van der Waals surface area (Å²) < 4.78 is 17.1. The number of nitrogens with zero attached hydrogens (tertiary/aromatic N) is 4. The van der Waals surface area contributed by atoms with Crippen LogP contribution in [0.4, 0.5) is 4.39 Å². The summed E-state index contributed by atoms with van der Waals surface area (Å²) in [5.74, 6) is 0.183. The van der Waals surface area contributed by atoms with Crippen molar-refractivity contribution in [2.75, 3.05) is 6.54 Å². The average molecular weight is 419 g/mol. The van der Waals surface area contributed by atoms with E-state index in [-0.39, 0.29) is 18.0 Å². The Hall–Kier alpha value is -3.81. The van der Waals surface area contributed by atoms with Gasteiger partial charge in [-0.15, -0.1) is 0 Å². The van der Waals surface area contributed by atoms with Crippen LogP contribution in [0.15, 0.2) is 65.5 Å². The smallest absolute Gasteiger partial charge is 0.267 e. The average Bonchev–Trinajstić information content (AvgIpc) is 3.09. The molecule has 4 rings (SSSR count). The molecule has 0 bridgehead atoms. The van der Waals surface area contributed by atoms with Crippen LogP contribution in [0.2, 0.25) is 0 Å². The Kier molecular flexibility index (Phi) is 5.88. The van der Waals surface area contributed by atoms with Gasteiger partial charge in [-0.05, 0) is 36.8 Å². The fourth-order valence-electron chi connectivity index (χ4n) is 3.46. The third-order valence-corrected chi connectivity index (χ3v) is 5.09. The van der Waals surface area contributed by atoms with E-state index in [0.717, 1.165) is 21.5 Å². The Balaban J connectivity index is 1.34. The van der Waals surface area contributed by atoms with Gasteiger partial charge in [0.1, 0.15) is 18.2 Å². The summed E-state index contributed by atoms with van der Waals surface area (Å²) in [6.07, 6.45) is 1.42. The Bertz CT molecular complexity index is 1290. The van der Waals surface area contributed by atoms with Crippen molar-refractivity contribution < 1.29 is 9.18 Å². The van der Waals surface area contributed by atoms with Crippen LogP contribution < -0.4 is 10.9 Å². The first-order chi connectivity index (χ1) is 15.0. The number of aromatic nitrogens is 4. The van der Waals surface area contributed by atoms with Gasteiger partial charge in [0.05, 0.1) is 16.7 Å². The lowest BCUT2D eigenvalue weighted by Gasteiger charge is -2.09. The molecule has 2 heterocycles. The third-order valence-electron chi connectivity index (χ3n) is 5.09. The number of para-hydroxylation sites is 2. The summed E-state index contributed by atoms with van der Waals surface area (Å²) in [5, 5.41) is 6.95. The molecule has 2 aromatic carbocycles. The summed E-state index contributed by atoms with van der Waals surface area (Å²) in [4.78, 5) is 29.0. The number of aryl methyl sites for hydroxylation is 2. The van der Waals surface area contributed by atoms with Gasteiger partial charge in [-0.1, -0.05) is 24.3 Å². The zero-order chi connectivity index (χ0) is 21.8. The lowest BCUT2D eigenvalue weighted by Crippen LogP contribution is -2.34. The molecule has 1 N–H and O–H groups in total. The Morgan fingerprint density at radius 1 is 1.06 bits per heavy atom. The minimum absolute atomic E-state index is 0.229. The monoisotopic (exact) mass is 419 g/mol. The topological polar surface area (TPSA) is 81.8 Å². The van der Waals surface area contributed by atoms with Gasteiger partial charge in [0, 0.05) is 31.6 Å². The molecule has 0 radical (unpaired) electrons. The predicted octanol–water partition coefficient (Wildman–Crippen LogP) is 2.69. The van der Waals surface area contributed by atoms with Crippen LogP contribution in [-0.2, 0) is 24.8 Å². The predicted molar refractivity (Wildman–Crippen MR) is 116 cm³/mol. The second-order valence-electron chi connectivity index (χ2n) is 7.22. The Labute approximate surface area is 178 Å². The molecule has 0 saturated heterocycles. The zero-order valence-corrected chi connectivity index (χ0v) is 17.1. The number of benzene rings is 2. The fraction of sp³-hybridized carbons (Fsp3) is 0.217. The maximum absolute atomic E-state index is 14.0. The summed E-state index contributed by atoms with van der Waals surface area (Å²) >= 11 is 0. The molecule has 0 fully saturated rings. The molecule has 0 spiro atoms. The Morgan fingerprint density at radius 2 is 1.84 bits per heavy atom. The van der Waals surface area contributed by atoms with Gasteiger partial charge in [-0.25, -0.2) is 14.1 Å². The molecule has 7 nitrogen and oxygen atoms in total. The number of nitrogens with one attached hydrogen (secondary N) is 1. The lowest BCUT2D eigenvalue weighted by atomic mass is 10.1. The Morgan fingerprint density at radius 3 is 2.65 bits per heavy atom. The van der Waals surface area contributed by atoms with Crippen molar-refractivity contribution in [3.63, 3.8) is 0 Å². The molecule has 31 heavy (non-hydrogen) atoms. The third kappa shape index (κ3) is 4.53. The first kappa shape index (κ1) is 20.5. The van der Waals surface area contributed by atoms with Crippen molar-refractivity contribution in [3.05, 3.63) is 82.7 Å². The number of carbonyl (C=O) groups excluding carboxylic acids is 1. The summed E-state index contributed by atoms with van der Waals surface area (Å²) in [5.41, 5.74) is 2.17. The van der Waals surface area contributed by atoms with E-state index >= 15 is 0 Å². The van der Waals surface area contributed by atoms with Gasteiger partial charge >= 0.3 is 0 Å². The molecule has 0 atom stereocenters. The molecule has 1 amide bonds. The van der Waals surface area contributed by atoms with Crippen LogP contribution in [0.5, 0.6) is 0 Å². The van der Waals surface area contributed by atoms with Crippen LogP contribution in [-0.4, -0.2) is 31.8 Å². The van der Waals surface area contributed by atoms with E-state index in [9.17, 15) is 14.0 Å². The van der Waals surface area contributed by atoms with Crippen LogP contribution in [0.25, 0.3) is 22.3 Å². The molecule has 4 aromatic rings. The van der Waals surface area contributed by atoms with E-state index in [1.54, 1.807) is 18.2 Å². The minimum Gasteiger partial charge on any atom is -0.354 e. The van der Waals surface area contributed by atoms with Crippen molar-refractivity contribution in [3.8, 4) is 11.3 Å². The van der Waals surface area contributed by atoms with Crippen molar-refractivity contribution >= 4 is 16.9 Å². The molecular weight excluding hydrogens is 397 g/mol. The van der Waals surface area contributed by atoms with Crippen molar-refractivity contribution in [1.82, 2.24) is 24.6 Å². The lowest BCUT2D eigenvalue weighted by molar-refractivity contribution is -0.121. The highest BCUT2D eigenvalue weighted by molar-refractivity contribution is 5.76. The van der Waals surface area contributed by atoms with Crippen molar-refractivity contribution in [2.24, 2.45) is 7.05 Å². The first-order valence-electron chi connectivity index (χ1n) is 10.0. The highest BCUT2D eigenvalue weighted by Gasteiger charge is 2.11. The molecule has 0 aliphatic carbocycles. The second kappa shape index (κ2) is 8.91. The van der Waals surface area contributed by atoms with E-state index in [1.807, 2.05) is 31.3 Å². The van der Waals surface area contributed by atoms with E-state index in [4.69, 9.17) is 0 Å². The largest absolute Gasteiger partial charge is 0.354 e. The molecule has 2 aromatic heterocycles. The number of halogens is 1. The molecule has 8 heteroatoms. The van der Waals surface area contributed by atoms with Crippen molar-refractivity contribution in [1.29, 1.82) is 0 Å². The number of amides is 1. The number of imidazole rings is 1. The van der Waals surface area contributed by atoms with Crippen LogP contribution >= 0.6 is 0 Å². The summed E-state index contributed by atoms with van der Waals surface area (Å²) in [7, 11) is 1.98. The van der Waals surface area contributed by atoms with E-state index in [1.165, 1.54) is 18.2 Å². The van der Waals surface area contributed by atoms with Crippen LogP contribution in [0.3, 0.4) is 0 Å². The van der Waals surface area contributed by atoms with Crippen molar-refractivity contribution in [2.45, 2.75) is 19.4 Å². The van der Waals surface area contributed by atoms with Crippen LogP contribution in [0, 0.1) is 5.82 Å². The molecular formula is C23H22FN5O2. The minimum atomic E-state index is -0.438. The number of hydrogen-bond donors (Lipinski definition) is 1. The molecule has 0 unspecified atom stereocenters. The SMILES string of the molecule is Cn1c(CCCNC(=O)Cn2nc(-c3ccccc3F)ccc2=O)nc2ccccc21. The first-order valence-corrected chi connectivity index (χ1v) is 10.0. The van der Waals surface area contributed by atoms with E-state index in [0.29, 0.717) is 25.1 Å². The highest BCUT2D eigenvalue weighted by Crippen LogP contribution is 2.19. The standard InChI is InChI=1S/C23H22FN5O2/c1-28-20-10-5-4-9-19(20)26-21(28)11-6-14-25-22(30)15-29-23(31)13-12-18(27-29)16-7-2-3-8-17(16)24/h2-5,7-10,12-13H,6,11,14-15H2,1H3,(H,25,30). The zero-order valence-electron chi connectivity index (χ0n) is 17.1. The van der Waals surface area contributed by atoms with Gasteiger partial charge in [-0.2, -0.15) is 5.10 Å². The number of fused-ring (bicyclic) bond motifs is 1. The maximum atomic E-state index is 14.0. The number of carbonyl (C=O) groups is 1. The molecule has 158 valence electrons. The van der Waals surface area contributed by atoms with Gasteiger partial charge in [0.15, 0.2) is 0 Å². The van der Waals surface area contributed by atoms with E-state index < -0.39 is 11.4 Å². The second-order valence-corrected chi connectivity index (χ2v) is 7.22. The number of hydrogen-bond acceptors (Lipinski definition) is 4. The quantitative estimate of drug-likeness (QED) is 0.467. The number of rotatable bonds is 7. The van der Waals surface area contributed by atoms with Gasteiger partial charge in [-0.3, -0.25) is 9.59 Å². The maximum Gasteiger partial charge on any atom is 0.267 e. The van der Waals surface area contributed by atoms with Crippen LogP contribution in [0.1, 0.15) is 12.2 Å². The molecule has 0 aliphatic heterocycles. The van der Waals surface area contributed by atoms with Gasteiger partial charge in [0.2, 0.25) is 5.91 Å². The highest BCUT2D eigenvalue weighted by atomic mass is 19.1.